The lowest BCUT2D eigenvalue weighted by Crippen LogP contribution is -2.45. The number of carbonyl (C=O) groups is 1. The van der Waals surface area contributed by atoms with Gasteiger partial charge in [-0.2, -0.15) is 0 Å². The van der Waals surface area contributed by atoms with Gasteiger partial charge in [0.25, 0.3) is 0 Å². The summed E-state index contributed by atoms with van der Waals surface area (Å²) in [7, 11) is 0. The first-order valence-electron chi connectivity index (χ1n) is 5.53. The van der Waals surface area contributed by atoms with E-state index in [0.29, 0.717) is 0 Å². The van der Waals surface area contributed by atoms with Gasteiger partial charge in [-0.05, 0) is 18.7 Å². The lowest BCUT2D eigenvalue weighted by molar-refractivity contribution is -0.124. The van der Waals surface area contributed by atoms with E-state index in [1.54, 1.807) is 0 Å². The van der Waals surface area contributed by atoms with Crippen LogP contribution in [-0.4, -0.2) is 17.6 Å². The summed E-state index contributed by atoms with van der Waals surface area (Å²) < 4.78 is 7.89. The molecule has 2 fully saturated rings. The zero-order valence-electron chi connectivity index (χ0n) is 9.31. The van der Waals surface area contributed by atoms with Gasteiger partial charge in [0, 0.05) is 1.37 Å². The Kier molecular flexibility index (Phi) is 1.79. The maximum absolute atomic E-state index is 11.8. The van der Waals surface area contributed by atoms with E-state index in [0.717, 1.165) is 25.7 Å². The van der Waals surface area contributed by atoms with E-state index in [1.165, 1.54) is 0 Å². The van der Waals surface area contributed by atoms with Crippen LogP contribution in [0, 0.1) is 5.89 Å². The zero-order valence-corrected chi connectivity index (χ0v) is 8.31. The van der Waals surface area contributed by atoms with Gasteiger partial charge in [0.1, 0.15) is 0 Å². The molecule has 1 aliphatic heterocycles. The average molecular weight is 184 g/mol. The van der Waals surface area contributed by atoms with Crippen molar-refractivity contribution in [2.24, 2.45) is 5.89 Å². The number of hydrogen-bond donors (Lipinski definition) is 2. The second-order valence-electron chi connectivity index (χ2n) is 4.42. The number of rotatable bonds is 1. The zero-order chi connectivity index (χ0) is 10.4. The molecule has 1 unspecified atom stereocenters. The Balaban J connectivity index is 2.14. The second kappa shape index (κ2) is 2.98. The Bertz CT molecular complexity index is 253. The summed E-state index contributed by atoms with van der Waals surface area (Å²) in [5, 5.41) is 6.20. The van der Waals surface area contributed by atoms with Crippen molar-refractivity contribution >= 4 is 5.91 Å². The van der Waals surface area contributed by atoms with E-state index in [1.807, 2.05) is 13.8 Å². The molecule has 13 heavy (non-hydrogen) atoms. The first-order valence-corrected chi connectivity index (χ1v) is 5.03. The molecule has 2 N–H and O–H groups in total. The average Bonchev–Trinajstić information content (AvgIpc) is 2.62. The maximum Gasteiger partial charge on any atom is 0.241 e. The van der Waals surface area contributed by atoms with Gasteiger partial charge in [-0.25, -0.2) is 0 Å². The molecular formula is C10H18N2O. The van der Waals surface area contributed by atoms with Crippen LogP contribution in [0.2, 0.25) is 0 Å². The standard InChI is InChI=1S/C10H18N2O/c1-7(2)8-11-9(13)10(12-8)5-3-4-6-10/h7-8,12H,3-6H2,1-2H3,(H,11,13)/i7T. The Morgan fingerprint density at radius 3 is 2.62 bits per heavy atom. The lowest BCUT2D eigenvalue weighted by Gasteiger charge is -2.22. The van der Waals surface area contributed by atoms with Gasteiger partial charge in [-0.3, -0.25) is 10.1 Å². The molecule has 3 heteroatoms. The van der Waals surface area contributed by atoms with Crippen LogP contribution in [0.15, 0.2) is 0 Å². The molecule has 0 aromatic rings. The van der Waals surface area contributed by atoms with Crippen LogP contribution in [-0.2, 0) is 4.79 Å². The fourth-order valence-corrected chi connectivity index (χ4v) is 2.29. The van der Waals surface area contributed by atoms with E-state index >= 15 is 0 Å². The van der Waals surface area contributed by atoms with E-state index in [9.17, 15) is 4.79 Å². The van der Waals surface area contributed by atoms with Crippen LogP contribution >= 0.6 is 0 Å². The molecule has 0 aromatic carbocycles. The summed E-state index contributed by atoms with van der Waals surface area (Å²) in [6.07, 6.45) is 3.88. The molecule has 0 radical (unpaired) electrons. The van der Waals surface area contributed by atoms with Crippen molar-refractivity contribution in [2.45, 2.75) is 51.2 Å². The summed E-state index contributed by atoms with van der Waals surface area (Å²) in [5.41, 5.74) is -0.344. The Labute approximate surface area is 80.7 Å². The first-order chi connectivity index (χ1) is 6.44. The molecule has 1 atom stereocenters. The topological polar surface area (TPSA) is 41.1 Å². The highest BCUT2D eigenvalue weighted by molar-refractivity contribution is 5.89. The number of hydrogen-bond acceptors (Lipinski definition) is 2. The molecule has 1 amide bonds. The third kappa shape index (κ3) is 1.35. The van der Waals surface area contributed by atoms with Crippen molar-refractivity contribution in [1.29, 1.82) is 0 Å². The molecule has 74 valence electrons. The fraction of sp³-hybridized carbons (Fsp3) is 0.900. The van der Waals surface area contributed by atoms with E-state index < -0.39 is 5.89 Å². The van der Waals surface area contributed by atoms with E-state index in [2.05, 4.69) is 10.6 Å². The summed E-state index contributed by atoms with van der Waals surface area (Å²) in [6, 6.07) is 0. The summed E-state index contributed by atoms with van der Waals surface area (Å²) in [5.74, 6) is -0.554. The fourth-order valence-electron chi connectivity index (χ4n) is 2.29. The Hall–Kier alpha value is -0.570. The highest BCUT2D eigenvalue weighted by Crippen LogP contribution is 2.33. The summed E-state index contributed by atoms with van der Waals surface area (Å²) >= 11 is 0. The van der Waals surface area contributed by atoms with Crippen LogP contribution in [0.1, 0.15) is 40.9 Å². The van der Waals surface area contributed by atoms with Crippen LogP contribution in [0.5, 0.6) is 0 Å². The van der Waals surface area contributed by atoms with Crippen molar-refractivity contribution in [2.75, 3.05) is 0 Å². The molecule has 2 aliphatic rings. The van der Waals surface area contributed by atoms with Crippen LogP contribution in [0.3, 0.4) is 0 Å². The predicted octanol–water partition coefficient (Wildman–Crippen LogP) is 1.00. The molecule has 1 aliphatic carbocycles. The summed E-state index contributed by atoms with van der Waals surface area (Å²) in [4.78, 5) is 11.8. The third-order valence-electron chi connectivity index (χ3n) is 3.17. The molecule has 3 nitrogen and oxygen atoms in total. The van der Waals surface area contributed by atoms with Gasteiger partial charge < -0.3 is 5.32 Å². The van der Waals surface area contributed by atoms with Gasteiger partial charge >= 0.3 is 0 Å². The van der Waals surface area contributed by atoms with Gasteiger partial charge in [0.15, 0.2) is 0 Å². The minimum absolute atomic E-state index is 0.0975. The van der Waals surface area contributed by atoms with Crippen molar-refractivity contribution in [3.05, 3.63) is 0 Å². The molecule has 1 heterocycles. The maximum atomic E-state index is 11.8. The van der Waals surface area contributed by atoms with Gasteiger partial charge in [0.2, 0.25) is 5.91 Å². The minimum atomic E-state index is -0.651. The number of carbonyl (C=O) groups excluding carboxylic acids is 1. The molecule has 1 spiro atoms. The Morgan fingerprint density at radius 2 is 2.15 bits per heavy atom. The molecule has 0 bridgehead atoms. The summed E-state index contributed by atoms with van der Waals surface area (Å²) in [6.45, 7) is 3.64. The predicted molar refractivity (Wildman–Crippen MR) is 51.1 cm³/mol. The number of nitrogens with one attached hydrogen (secondary N) is 2. The third-order valence-corrected chi connectivity index (χ3v) is 3.17. The van der Waals surface area contributed by atoms with E-state index in [4.69, 9.17) is 1.37 Å². The van der Waals surface area contributed by atoms with Gasteiger partial charge in [-0.15, -0.1) is 0 Å². The highest BCUT2D eigenvalue weighted by atomic mass is 16.2. The monoisotopic (exact) mass is 184 g/mol. The molecule has 1 saturated heterocycles. The highest BCUT2D eigenvalue weighted by Gasteiger charge is 2.48. The molecule has 2 rings (SSSR count). The smallest absolute Gasteiger partial charge is 0.241 e. The normalized spacial score (nSPS) is 33.5. The SMILES string of the molecule is [3H]C(C)(C)C1NC(=O)C2(CCCC2)N1. The van der Waals surface area contributed by atoms with Crippen LogP contribution < -0.4 is 10.6 Å². The lowest BCUT2D eigenvalue weighted by atomic mass is 9.98. The Morgan fingerprint density at radius 1 is 1.54 bits per heavy atom. The largest absolute Gasteiger partial charge is 0.339 e. The van der Waals surface area contributed by atoms with E-state index in [-0.39, 0.29) is 17.6 Å². The van der Waals surface area contributed by atoms with Crippen molar-refractivity contribution in [3.8, 4) is 0 Å². The van der Waals surface area contributed by atoms with Crippen LogP contribution in [0.25, 0.3) is 0 Å². The molecular weight excluding hydrogens is 164 g/mol. The first kappa shape index (κ1) is 7.80. The van der Waals surface area contributed by atoms with Crippen molar-refractivity contribution in [3.63, 3.8) is 0 Å². The van der Waals surface area contributed by atoms with Crippen molar-refractivity contribution in [1.82, 2.24) is 10.6 Å². The van der Waals surface area contributed by atoms with Crippen molar-refractivity contribution < 1.29 is 6.17 Å². The number of amides is 1. The second-order valence-corrected chi connectivity index (χ2v) is 4.42. The van der Waals surface area contributed by atoms with Gasteiger partial charge in [-0.1, -0.05) is 26.7 Å². The molecule has 1 saturated carbocycles. The van der Waals surface area contributed by atoms with Gasteiger partial charge in [0.05, 0.1) is 11.7 Å². The quantitative estimate of drug-likeness (QED) is 0.638. The molecule has 0 aromatic heterocycles. The van der Waals surface area contributed by atoms with Crippen LogP contribution in [0.4, 0.5) is 0 Å². The minimum Gasteiger partial charge on any atom is -0.339 e.